The first-order valence-corrected chi connectivity index (χ1v) is 9.46. The van der Waals surface area contributed by atoms with Gasteiger partial charge in [0.2, 0.25) is 0 Å². The van der Waals surface area contributed by atoms with Crippen LogP contribution in [0.2, 0.25) is 0 Å². The highest BCUT2D eigenvalue weighted by atomic mass is 16.5. The van der Waals surface area contributed by atoms with Crippen LogP contribution in [0.3, 0.4) is 0 Å². The normalized spacial score (nSPS) is 10.8. The summed E-state index contributed by atoms with van der Waals surface area (Å²) < 4.78 is 5.67. The lowest BCUT2D eigenvalue weighted by Gasteiger charge is -2.05. The average Bonchev–Trinajstić information content (AvgIpc) is 2.58. The van der Waals surface area contributed by atoms with Crippen LogP contribution in [-0.4, -0.2) is 12.4 Å². The molecule has 0 saturated carbocycles. The van der Waals surface area contributed by atoms with Crippen LogP contribution in [-0.2, 0) is 16.1 Å². The lowest BCUT2D eigenvalue weighted by atomic mass is 10.0. The van der Waals surface area contributed by atoms with Crippen LogP contribution < -0.4 is 0 Å². The number of carbonyl (C=O) groups is 1. The molecule has 130 valence electrons. The molecule has 0 heterocycles. The Hall–Kier alpha value is -1.15. The predicted molar refractivity (Wildman–Crippen MR) is 97.6 cm³/mol. The molecule has 23 heavy (non-hydrogen) atoms. The number of ketones is 1. The molecule has 0 amide bonds. The third-order valence-corrected chi connectivity index (χ3v) is 4.17. The molecule has 0 aliphatic rings. The monoisotopic (exact) mass is 318 g/mol. The molecule has 0 aliphatic heterocycles. The predicted octanol–water partition coefficient (Wildman–Crippen LogP) is 6.08. The van der Waals surface area contributed by atoms with Crippen LogP contribution in [0.4, 0.5) is 0 Å². The number of unbranched alkanes of at least 4 members (excludes halogenated alkanes) is 7. The minimum Gasteiger partial charge on any atom is -0.377 e. The summed E-state index contributed by atoms with van der Waals surface area (Å²) in [5.74, 6) is 0.465. The van der Waals surface area contributed by atoms with Crippen LogP contribution in [0.5, 0.6) is 0 Å². The van der Waals surface area contributed by atoms with E-state index in [0.29, 0.717) is 12.4 Å². The standard InChI is InChI=1S/C21H34O2/c1-2-3-4-11-16-21(22)17-12-6-5-7-13-18-23-19-20-14-9-8-10-15-20/h8-10,14-15H,2-7,11-13,16-19H2,1H3. The zero-order valence-electron chi connectivity index (χ0n) is 14.9. The van der Waals surface area contributed by atoms with Crippen LogP contribution in [0, 0.1) is 0 Å². The molecule has 0 bridgehead atoms. The first-order chi connectivity index (χ1) is 11.3. The molecular weight excluding hydrogens is 284 g/mol. The van der Waals surface area contributed by atoms with Crippen molar-refractivity contribution < 1.29 is 9.53 Å². The van der Waals surface area contributed by atoms with Crippen molar-refractivity contribution in [2.45, 2.75) is 84.2 Å². The Morgan fingerprint density at radius 1 is 0.826 bits per heavy atom. The van der Waals surface area contributed by atoms with Gasteiger partial charge in [0.25, 0.3) is 0 Å². The highest BCUT2D eigenvalue weighted by molar-refractivity contribution is 5.78. The lowest BCUT2D eigenvalue weighted by Crippen LogP contribution is -1.98. The fraction of sp³-hybridized carbons (Fsp3) is 0.667. The van der Waals surface area contributed by atoms with Crippen LogP contribution in [0.15, 0.2) is 30.3 Å². The molecule has 2 nitrogen and oxygen atoms in total. The van der Waals surface area contributed by atoms with E-state index < -0.39 is 0 Å². The Morgan fingerprint density at radius 2 is 1.43 bits per heavy atom. The van der Waals surface area contributed by atoms with Crippen molar-refractivity contribution in [2.24, 2.45) is 0 Å². The number of ether oxygens (including phenoxy) is 1. The van der Waals surface area contributed by atoms with Gasteiger partial charge in [-0.1, -0.05) is 75.8 Å². The van der Waals surface area contributed by atoms with E-state index in [9.17, 15) is 4.79 Å². The highest BCUT2D eigenvalue weighted by Crippen LogP contribution is 2.10. The number of benzene rings is 1. The molecule has 0 saturated heterocycles. The number of carbonyl (C=O) groups excluding carboxylic acids is 1. The van der Waals surface area contributed by atoms with Crippen molar-refractivity contribution in [1.29, 1.82) is 0 Å². The van der Waals surface area contributed by atoms with Crippen molar-refractivity contribution in [3.63, 3.8) is 0 Å². The van der Waals surface area contributed by atoms with E-state index in [1.165, 1.54) is 44.1 Å². The Balaban J connectivity index is 1.81. The second-order valence-electron chi connectivity index (χ2n) is 6.41. The quantitative estimate of drug-likeness (QED) is 0.366. The number of rotatable bonds is 15. The van der Waals surface area contributed by atoms with Gasteiger partial charge in [0.05, 0.1) is 6.61 Å². The molecule has 1 aromatic carbocycles. The van der Waals surface area contributed by atoms with Crippen molar-refractivity contribution in [3.8, 4) is 0 Å². The molecule has 0 fully saturated rings. The summed E-state index contributed by atoms with van der Waals surface area (Å²) in [6.07, 6.45) is 12.2. The summed E-state index contributed by atoms with van der Waals surface area (Å²) in [6, 6.07) is 10.3. The average molecular weight is 319 g/mol. The summed E-state index contributed by atoms with van der Waals surface area (Å²) in [6.45, 7) is 3.76. The maximum absolute atomic E-state index is 11.7. The van der Waals surface area contributed by atoms with E-state index in [1.54, 1.807) is 0 Å². The Morgan fingerprint density at radius 3 is 2.13 bits per heavy atom. The topological polar surface area (TPSA) is 26.3 Å². The smallest absolute Gasteiger partial charge is 0.132 e. The van der Waals surface area contributed by atoms with E-state index in [-0.39, 0.29) is 0 Å². The fourth-order valence-corrected chi connectivity index (χ4v) is 2.69. The van der Waals surface area contributed by atoms with Crippen molar-refractivity contribution in [1.82, 2.24) is 0 Å². The van der Waals surface area contributed by atoms with Crippen LogP contribution in [0.25, 0.3) is 0 Å². The molecule has 0 atom stereocenters. The molecule has 0 spiro atoms. The fourth-order valence-electron chi connectivity index (χ4n) is 2.69. The Kier molecular flexibility index (Phi) is 12.5. The third kappa shape index (κ3) is 12.0. The van der Waals surface area contributed by atoms with Gasteiger partial charge in [-0.25, -0.2) is 0 Å². The van der Waals surface area contributed by atoms with Gasteiger partial charge in [-0.3, -0.25) is 4.79 Å². The molecule has 2 heteroatoms. The second-order valence-corrected chi connectivity index (χ2v) is 6.41. The van der Waals surface area contributed by atoms with Crippen molar-refractivity contribution in [3.05, 3.63) is 35.9 Å². The number of hydrogen-bond acceptors (Lipinski definition) is 2. The molecule has 0 radical (unpaired) electrons. The van der Waals surface area contributed by atoms with Gasteiger partial charge in [-0.05, 0) is 24.8 Å². The second kappa shape index (κ2) is 14.4. The van der Waals surface area contributed by atoms with E-state index in [2.05, 4.69) is 19.1 Å². The molecule has 0 aliphatic carbocycles. The summed E-state index contributed by atoms with van der Waals surface area (Å²) in [7, 11) is 0. The summed E-state index contributed by atoms with van der Waals surface area (Å²) >= 11 is 0. The largest absolute Gasteiger partial charge is 0.377 e. The SMILES string of the molecule is CCCCCCC(=O)CCCCCCCOCc1ccccc1. The number of Topliss-reactive ketones (excluding diaryl/α,β-unsaturated/α-hetero) is 1. The van der Waals surface area contributed by atoms with Gasteiger partial charge < -0.3 is 4.74 Å². The van der Waals surface area contributed by atoms with Gasteiger partial charge in [0.15, 0.2) is 0 Å². The minimum atomic E-state index is 0.465. The van der Waals surface area contributed by atoms with Crippen LogP contribution >= 0.6 is 0 Å². The lowest BCUT2D eigenvalue weighted by molar-refractivity contribution is -0.119. The first kappa shape index (κ1) is 19.9. The van der Waals surface area contributed by atoms with E-state index >= 15 is 0 Å². The molecule has 0 unspecified atom stereocenters. The molecule has 0 N–H and O–H groups in total. The van der Waals surface area contributed by atoms with Gasteiger partial charge in [0, 0.05) is 19.4 Å². The zero-order chi connectivity index (χ0) is 16.6. The van der Waals surface area contributed by atoms with E-state index in [0.717, 1.165) is 38.7 Å². The summed E-state index contributed by atoms with van der Waals surface area (Å²) in [5, 5.41) is 0. The van der Waals surface area contributed by atoms with E-state index in [4.69, 9.17) is 4.74 Å². The Bertz CT molecular complexity index is 386. The summed E-state index contributed by atoms with van der Waals surface area (Å²) in [5.41, 5.74) is 1.24. The van der Waals surface area contributed by atoms with E-state index in [1.807, 2.05) is 18.2 Å². The number of hydrogen-bond donors (Lipinski definition) is 0. The Labute approximate surface area is 142 Å². The first-order valence-electron chi connectivity index (χ1n) is 9.46. The third-order valence-electron chi connectivity index (χ3n) is 4.17. The molecule has 0 aromatic heterocycles. The molecule has 1 aromatic rings. The van der Waals surface area contributed by atoms with Gasteiger partial charge in [-0.2, -0.15) is 0 Å². The highest BCUT2D eigenvalue weighted by Gasteiger charge is 2.01. The molecule has 1 rings (SSSR count). The van der Waals surface area contributed by atoms with Crippen LogP contribution in [0.1, 0.15) is 83.1 Å². The summed E-state index contributed by atoms with van der Waals surface area (Å²) in [4.78, 5) is 11.7. The van der Waals surface area contributed by atoms with Gasteiger partial charge in [-0.15, -0.1) is 0 Å². The zero-order valence-corrected chi connectivity index (χ0v) is 14.9. The van der Waals surface area contributed by atoms with Gasteiger partial charge >= 0.3 is 0 Å². The van der Waals surface area contributed by atoms with Gasteiger partial charge in [0.1, 0.15) is 5.78 Å². The van der Waals surface area contributed by atoms with Crippen molar-refractivity contribution >= 4 is 5.78 Å². The van der Waals surface area contributed by atoms with Crippen molar-refractivity contribution in [2.75, 3.05) is 6.61 Å². The maximum Gasteiger partial charge on any atom is 0.132 e. The minimum absolute atomic E-state index is 0.465. The molecular formula is C21H34O2. The maximum atomic E-state index is 11.7.